The SMILES string of the molecule is O=C(COC1CCCCO1)c1cnc(N2CCC(CNCc3cn(Cc4ccccc4)c4ccccc34)CC2)nc1. The monoisotopic (exact) mass is 553 g/mol. The number of rotatable bonds is 11. The van der Waals surface area contributed by atoms with Crippen LogP contribution in [0.25, 0.3) is 10.9 Å². The first-order valence-corrected chi connectivity index (χ1v) is 14.9. The number of ether oxygens (including phenoxy) is 2. The minimum absolute atomic E-state index is 0.000682. The van der Waals surface area contributed by atoms with Crippen LogP contribution in [0.3, 0.4) is 0 Å². The number of benzene rings is 2. The number of anilines is 1. The summed E-state index contributed by atoms with van der Waals surface area (Å²) in [6.07, 6.45) is 10.4. The lowest BCUT2D eigenvalue weighted by Gasteiger charge is -2.32. The van der Waals surface area contributed by atoms with E-state index < -0.39 is 0 Å². The highest BCUT2D eigenvalue weighted by Crippen LogP contribution is 2.24. The summed E-state index contributed by atoms with van der Waals surface area (Å²) in [4.78, 5) is 23.7. The molecule has 2 saturated heterocycles. The minimum atomic E-state index is -0.274. The van der Waals surface area contributed by atoms with E-state index in [1.54, 1.807) is 12.4 Å². The number of nitrogens with zero attached hydrogens (tertiary/aromatic N) is 4. The molecule has 0 radical (unpaired) electrons. The van der Waals surface area contributed by atoms with Crippen LogP contribution in [0.2, 0.25) is 0 Å². The lowest BCUT2D eigenvalue weighted by molar-refractivity contribution is -0.155. The fourth-order valence-electron chi connectivity index (χ4n) is 5.85. The van der Waals surface area contributed by atoms with Crippen LogP contribution in [0.1, 0.15) is 53.6 Å². The highest BCUT2D eigenvalue weighted by molar-refractivity contribution is 5.96. The van der Waals surface area contributed by atoms with Crippen LogP contribution >= 0.6 is 0 Å². The number of hydrogen-bond acceptors (Lipinski definition) is 7. The Balaban J connectivity index is 0.963. The topological polar surface area (TPSA) is 81.5 Å². The second kappa shape index (κ2) is 13.4. The van der Waals surface area contributed by atoms with Crippen molar-refractivity contribution in [1.82, 2.24) is 19.9 Å². The lowest BCUT2D eigenvalue weighted by Crippen LogP contribution is -2.38. The van der Waals surface area contributed by atoms with Crippen LogP contribution in [0.15, 0.2) is 73.2 Å². The highest BCUT2D eigenvalue weighted by Gasteiger charge is 2.22. The Kier molecular flexibility index (Phi) is 9.00. The molecule has 6 rings (SSSR count). The third-order valence-corrected chi connectivity index (χ3v) is 8.21. The van der Waals surface area contributed by atoms with Gasteiger partial charge in [-0.2, -0.15) is 0 Å². The van der Waals surface area contributed by atoms with Crippen LogP contribution in [0, 0.1) is 5.92 Å². The van der Waals surface area contributed by atoms with E-state index in [9.17, 15) is 4.79 Å². The summed E-state index contributed by atoms with van der Waals surface area (Å²) in [5.41, 5.74) is 4.41. The number of nitrogens with one attached hydrogen (secondary N) is 1. The lowest BCUT2D eigenvalue weighted by atomic mass is 9.97. The Morgan fingerprint density at radius 2 is 1.76 bits per heavy atom. The molecule has 4 heterocycles. The summed E-state index contributed by atoms with van der Waals surface area (Å²) in [7, 11) is 0. The molecule has 214 valence electrons. The molecular weight excluding hydrogens is 514 g/mol. The number of aromatic nitrogens is 3. The van der Waals surface area contributed by atoms with Crippen molar-refractivity contribution >= 4 is 22.6 Å². The van der Waals surface area contributed by atoms with E-state index in [0.29, 0.717) is 24.0 Å². The van der Waals surface area contributed by atoms with Crippen molar-refractivity contribution in [3.05, 3.63) is 89.9 Å². The fourth-order valence-corrected chi connectivity index (χ4v) is 5.85. The van der Waals surface area contributed by atoms with Crippen LogP contribution < -0.4 is 10.2 Å². The van der Waals surface area contributed by atoms with Crippen molar-refractivity contribution in [3.63, 3.8) is 0 Å². The van der Waals surface area contributed by atoms with Crippen molar-refractivity contribution in [1.29, 1.82) is 0 Å². The van der Waals surface area contributed by atoms with E-state index in [0.717, 1.165) is 64.8 Å². The van der Waals surface area contributed by atoms with Gasteiger partial charge in [-0.25, -0.2) is 9.97 Å². The number of fused-ring (bicyclic) bond motifs is 1. The first-order valence-electron chi connectivity index (χ1n) is 14.9. The summed E-state index contributed by atoms with van der Waals surface area (Å²) in [5, 5.41) is 5.05. The number of piperidine rings is 1. The predicted molar refractivity (Wildman–Crippen MR) is 160 cm³/mol. The number of carbonyl (C=O) groups is 1. The number of para-hydroxylation sites is 1. The van der Waals surface area contributed by atoms with E-state index in [4.69, 9.17) is 9.47 Å². The fraction of sp³-hybridized carbons (Fsp3) is 0.424. The predicted octanol–water partition coefficient (Wildman–Crippen LogP) is 5.21. The van der Waals surface area contributed by atoms with Gasteiger partial charge in [0.25, 0.3) is 0 Å². The standard InChI is InChI=1S/C33H39N5O3/c39-31(24-41-32-12-6-7-17-40-32)27-20-35-33(36-21-27)37-15-13-25(14-16-37)18-34-19-28-23-38(22-26-8-2-1-3-9-26)30-11-5-4-10-29(28)30/h1-5,8-11,20-21,23,25,32,34H,6-7,12-19,22,24H2. The smallest absolute Gasteiger partial charge is 0.225 e. The first-order chi connectivity index (χ1) is 20.2. The van der Waals surface area contributed by atoms with Gasteiger partial charge in [-0.05, 0) is 61.8 Å². The molecule has 2 fully saturated rings. The van der Waals surface area contributed by atoms with Gasteiger partial charge in [0.05, 0.1) is 5.56 Å². The molecule has 1 unspecified atom stereocenters. The molecule has 8 nitrogen and oxygen atoms in total. The maximum absolute atomic E-state index is 12.5. The summed E-state index contributed by atoms with van der Waals surface area (Å²) < 4.78 is 13.5. The zero-order valence-corrected chi connectivity index (χ0v) is 23.6. The van der Waals surface area contributed by atoms with Crippen molar-refractivity contribution in [3.8, 4) is 0 Å². The molecule has 1 atom stereocenters. The third-order valence-electron chi connectivity index (χ3n) is 8.21. The first kappa shape index (κ1) is 27.6. The number of carbonyl (C=O) groups excluding carboxylic acids is 1. The molecule has 0 spiro atoms. The zero-order valence-electron chi connectivity index (χ0n) is 23.6. The van der Waals surface area contributed by atoms with Gasteiger partial charge in [0, 0.05) is 62.3 Å². The van der Waals surface area contributed by atoms with Crippen molar-refractivity contribution in [2.24, 2.45) is 5.92 Å². The average molecular weight is 554 g/mol. The summed E-state index contributed by atoms with van der Waals surface area (Å²) in [6, 6.07) is 19.3. The second-order valence-corrected chi connectivity index (χ2v) is 11.1. The molecule has 1 N–H and O–H groups in total. The van der Waals surface area contributed by atoms with Crippen molar-refractivity contribution < 1.29 is 14.3 Å². The van der Waals surface area contributed by atoms with Crippen LogP contribution in [0.4, 0.5) is 5.95 Å². The van der Waals surface area contributed by atoms with E-state index in [-0.39, 0.29) is 18.7 Å². The Morgan fingerprint density at radius 3 is 2.54 bits per heavy atom. The molecule has 2 aliphatic heterocycles. The summed E-state index contributed by atoms with van der Waals surface area (Å²) in [5.74, 6) is 1.19. The molecule has 2 aromatic heterocycles. The second-order valence-electron chi connectivity index (χ2n) is 11.1. The van der Waals surface area contributed by atoms with Crippen LogP contribution in [-0.2, 0) is 22.6 Å². The molecule has 41 heavy (non-hydrogen) atoms. The Labute approximate surface area is 241 Å². The van der Waals surface area contributed by atoms with Crippen molar-refractivity contribution in [2.45, 2.75) is 51.5 Å². The summed E-state index contributed by atoms with van der Waals surface area (Å²) >= 11 is 0. The highest BCUT2D eigenvalue weighted by atomic mass is 16.7. The molecule has 0 aliphatic carbocycles. The normalized spacial score (nSPS) is 18.1. The van der Waals surface area contributed by atoms with E-state index in [1.165, 1.54) is 22.0 Å². The van der Waals surface area contributed by atoms with Gasteiger partial charge in [-0.3, -0.25) is 4.79 Å². The van der Waals surface area contributed by atoms with Gasteiger partial charge in [-0.15, -0.1) is 0 Å². The zero-order chi connectivity index (χ0) is 27.9. The number of hydrogen-bond donors (Lipinski definition) is 1. The van der Waals surface area contributed by atoms with E-state index in [2.05, 4.69) is 85.5 Å². The minimum Gasteiger partial charge on any atom is -0.353 e. The molecule has 0 bridgehead atoms. The molecule has 2 aromatic carbocycles. The third kappa shape index (κ3) is 7.01. The molecular formula is C33H39N5O3. The number of Topliss-reactive ketones (excluding diaryl/α,β-unsaturated/α-hetero) is 1. The van der Waals surface area contributed by atoms with Crippen molar-refractivity contribution in [2.75, 3.05) is 37.7 Å². The Hall–Kier alpha value is -3.59. The average Bonchev–Trinajstić information content (AvgIpc) is 3.38. The van der Waals surface area contributed by atoms with Crippen LogP contribution in [-0.4, -0.2) is 59.5 Å². The van der Waals surface area contributed by atoms with E-state index >= 15 is 0 Å². The summed E-state index contributed by atoms with van der Waals surface area (Å²) in [6.45, 7) is 5.25. The molecule has 4 aromatic rings. The van der Waals surface area contributed by atoms with Gasteiger partial charge < -0.3 is 24.3 Å². The quantitative estimate of drug-likeness (QED) is 0.255. The maximum atomic E-state index is 12.5. The van der Waals surface area contributed by atoms with Gasteiger partial charge >= 0.3 is 0 Å². The number of ketones is 1. The van der Waals surface area contributed by atoms with Crippen LogP contribution in [0.5, 0.6) is 0 Å². The van der Waals surface area contributed by atoms with Gasteiger partial charge in [-0.1, -0.05) is 48.5 Å². The molecule has 0 amide bonds. The van der Waals surface area contributed by atoms with E-state index in [1.807, 2.05) is 0 Å². The Bertz CT molecular complexity index is 1410. The molecule has 0 saturated carbocycles. The maximum Gasteiger partial charge on any atom is 0.225 e. The Morgan fingerprint density at radius 1 is 0.976 bits per heavy atom. The molecule has 8 heteroatoms. The van der Waals surface area contributed by atoms with Gasteiger partial charge in [0.2, 0.25) is 5.95 Å². The van der Waals surface area contributed by atoms with Gasteiger partial charge in [0.15, 0.2) is 12.1 Å². The molecule has 2 aliphatic rings. The van der Waals surface area contributed by atoms with Gasteiger partial charge in [0.1, 0.15) is 6.61 Å². The largest absolute Gasteiger partial charge is 0.353 e.